The topological polar surface area (TPSA) is 50.2 Å². The van der Waals surface area contributed by atoms with E-state index in [1.165, 1.54) is 0 Å². The summed E-state index contributed by atoms with van der Waals surface area (Å²) in [7, 11) is 3.90. The third-order valence-electron chi connectivity index (χ3n) is 4.31. The second-order valence-corrected chi connectivity index (χ2v) is 7.65. The molecule has 1 aromatic heterocycles. The number of halogens is 2. The van der Waals surface area contributed by atoms with Gasteiger partial charge in [-0.05, 0) is 60.1 Å². The van der Waals surface area contributed by atoms with Gasteiger partial charge < -0.3 is 10.2 Å². The highest BCUT2D eigenvalue weighted by Gasteiger charge is 2.46. The maximum Gasteiger partial charge on any atom is 0.252 e. The minimum Gasteiger partial charge on any atom is -0.378 e. The summed E-state index contributed by atoms with van der Waals surface area (Å²) in [6.07, 6.45) is 6.30. The zero-order valence-electron chi connectivity index (χ0n) is 13.0. The summed E-state index contributed by atoms with van der Waals surface area (Å²) < 4.78 is 2.81. The summed E-state index contributed by atoms with van der Waals surface area (Å²) in [6.45, 7) is 0. The van der Waals surface area contributed by atoms with Crippen molar-refractivity contribution >= 4 is 51.5 Å². The SMILES string of the molecule is CN(C)c1ccc(NC(=O)C2(n3cc(I)cn3)CCC2)c(Cl)c1. The number of benzene rings is 1. The molecule has 1 N–H and O–H groups in total. The molecule has 0 radical (unpaired) electrons. The van der Waals surface area contributed by atoms with Crippen molar-refractivity contribution in [2.24, 2.45) is 0 Å². The molecule has 1 heterocycles. The summed E-state index contributed by atoms with van der Waals surface area (Å²) >= 11 is 8.52. The fourth-order valence-electron chi connectivity index (χ4n) is 2.73. The van der Waals surface area contributed by atoms with Crippen molar-refractivity contribution in [3.63, 3.8) is 0 Å². The molecule has 1 aliphatic rings. The standard InChI is InChI=1S/C16H18ClIN4O/c1-21(2)12-4-5-14(13(17)8-12)20-15(23)16(6-3-7-16)22-10-11(18)9-19-22/h4-5,8-10H,3,6-7H2,1-2H3,(H,20,23). The van der Waals surface area contributed by atoms with E-state index in [0.29, 0.717) is 10.7 Å². The molecule has 0 bridgehead atoms. The summed E-state index contributed by atoms with van der Waals surface area (Å²) in [5, 5.41) is 7.85. The lowest BCUT2D eigenvalue weighted by Gasteiger charge is -2.40. The van der Waals surface area contributed by atoms with Crippen molar-refractivity contribution in [3.8, 4) is 0 Å². The van der Waals surface area contributed by atoms with Gasteiger partial charge in [0.25, 0.3) is 5.91 Å². The maximum absolute atomic E-state index is 12.9. The molecule has 23 heavy (non-hydrogen) atoms. The van der Waals surface area contributed by atoms with Gasteiger partial charge in [-0.3, -0.25) is 9.48 Å². The Morgan fingerprint density at radius 1 is 1.43 bits per heavy atom. The molecule has 3 rings (SSSR count). The van der Waals surface area contributed by atoms with Crippen LogP contribution in [0.2, 0.25) is 5.02 Å². The Labute approximate surface area is 154 Å². The number of nitrogens with zero attached hydrogens (tertiary/aromatic N) is 3. The molecule has 2 aromatic rings. The first-order valence-corrected chi connectivity index (χ1v) is 8.87. The van der Waals surface area contributed by atoms with Crippen LogP contribution in [0.25, 0.3) is 0 Å². The van der Waals surface area contributed by atoms with Crippen LogP contribution in [0.1, 0.15) is 19.3 Å². The van der Waals surface area contributed by atoms with E-state index in [-0.39, 0.29) is 5.91 Å². The molecule has 0 spiro atoms. The van der Waals surface area contributed by atoms with E-state index in [1.54, 1.807) is 10.9 Å². The molecule has 1 amide bonds. The molecule has 1 aliphatic carbocycles. The van der Waals surface area contributed by atoms with Gasteiger partial charge in [-0.1, -0.05) is 11.6 Å². The first kappa shape index (κ1) is 16.6. The second-order valence-electron chi connectivity index (χ2n) is 6.00. The van der Waals surface area contributed by atoms with E-state index >= 15 is 0 Å². The molecule has 0 atom stereocenters. The number of aromatic nitrogens is 2. The number of nitrogens with one attached hydrogen (secondary N) is 1. The average molecular weight is 445 g/mol. The number of amides is 1. The van der Waals surface area contributed by atoms with Crippen LogP contribution in [0.5, 0.6) is 0 Å². The number of anilines is 2. The molecule has 1 fully saturated rings. The lowest BCUT2D eigenvalue weighted by atomic mass is 9.76. The first-order chi connectivity index (χ1) is 10.9. The van der Waals surface area contributed by atoms with Crippen LogP contribution < -0.4 is 10.2 Å². The third kappa shape index (κ3) is 3.06. The van der Waals surface area contributed by atoms with Gasteiger partial charge in [0, 0.05) is 26.0 Å². The van der Waals surface area contributed by atoms with Gasteiger partial charge in [0.2, 0.25) is 0 Å². The van der Waals surface area contributed by atoms with Crippen LogP contribution in [-0.2, 0) is 10.3 Å². The first-order valence-electron chi connectivity index (χ1n) is 7.41. The van der Waals surface area contributed by atoms with E-state index in [1.807, 2.05) is 43.4 Å². The molecule has 1 saturated carbocycles. The van der Waals surface area contributed by atoms with Crippen molar-refractivity contribution < 1.29 is 4.79 Å². The molecule has 0 saturated heterocycles. The Bertz CT molecular complexity index is 739. The number of carbonyl (C=O) groups excluding carboxylic acids is 1. The van der Waals surface area contributed by atoms with Gasteiger partial charge in [-0.15, -0.1) is 0 Å². The third-order valence-corrected chi connectivity index (χ3v) is 5.18. The Morgan fingerprint density at radius 3 is 2.65 bits per heavy atom. The van der Waals surface area contributed by atoms with Gasteiger partial charge in [0.15, 0.2) is 0 Å². The van der Waals surface area contributed by atoms with Gasteiger partial charge in [-0.2, -0.15) is 5.10 Å². The lowest BCUT2D eigenvalue weighted by Crippen LogP contribution is -2.51. The van der Waals surface area contributed by atoms with Gasteiger partial charge in [0.05, 0.1) is 20.5 Å². The number of carbonyl (C=O) groups is 1. The summed E-state index contributed by atoms with van der Waals surface area (Å²) in [5.74, 6) is -0.0530. The fourth-order valence-corrected chi connectivity index (χ4v) is 3.34. The number of hydrogen-bond acceptors (Lipinski definition) is 3. The largest absolute Gasteiger partial charge is 0.378 e. The van der Waals surface area contributed by atoms with Crippen molar-refractivity contribution in [2.45, 2.75) is 24.8 Å². The van der Waals surface area contributed by atoms with E-state index in [4.69, 9.17) is 11.6 Å². The predicted molar refractivity (Wildman–Crippen MR) is 101 cm³/mol. The molecule has 1 aromatic carbocycles. The fraction of sp³-hybridized carbons (Fsp3) is 0.375. The monoisotopic (exact) mass is 444 g/mol. The quantitative estimate of drug-likeness (QED) is 0.731. The highest BCUT2D eigenvalue weighted by molar-refractivity contribution is 14.1. The van der Waals surface area contributed by atoms with Crippen LogP contribution in [0.4, 0.5) is 11.4 Å². The highest BCUT2D eigenvalue weighted by atomic mass is 127. The number of rotatable bonds is 4. The van der Waals surface area contributed by atoms with Gasteiger partial charge in [-0.25, -0.2) is 0 Å². The Balaban J connectivity index is 1.83. The molecule has 7 heteroatoms. The normalized spacial score (nSPS) is 15.8. The van der Waals surface area contributed by atoms with Gasteiger partial charge >= 0.3 is 0 Å². The van der Waals surface area contributed by atoms with Crippen LogP contribution in [0.3, 0.4) is 0 Å². The van der Waals surface area contributed by atoms with Crippen LogP contribution >= 0.6 is 34.2 Å². The lowest BCUT2D eigenvalue weighted by molar-refractivity contribution is -0.129. The van der Waals surface area contributed by atoms with Crippen LogP contribution in [0.15, 0.2) is 30.6 Å². The summed E-state index contributed by atoms with van der Waals surface area (Å²) in [4.78, 5) is 14.8. The number of hydrogen-bond donors (Lipinski definition) is 1. The zero-order valence-corrected chi connectivity index (χ0v) is 15.9. The van der Waals surface area contributed by atoms with Crippen LogP contribution in [0, 0.1) is 3.57 Å². The van der Waals surface area contributed by atoms with Gasteiger partial charge in [0.1, 0.15) is 5.54 Å². The molecular formula is C16H18ClIN4O. The van der Waals surface area contributed by atoms with Crippen molar-refractivity contribution in [1.29, 1.82) is 0 Å². The smallest absolute Gasteiger partial charge is 0.252 e. The van der Waals surface area contributed by atoms with E-state index in [2.05, 4.69) is 33.0 Å². The van der Waals surface area contributed by atoms with E-state index in [9.17, 15) is 4.79 Å². The maximum atomic E-state index is 12.9. The van der Waals surface area contributed by atoms with Crippen molar-refractivity contribution in [1.82, 2.24) is 9.78 Å². The molecular weight excluding hydrogens is 427 g/mol. The van der Waals surface area contributed by atoms with E-state index < -0.39 is 5.54 Å². The molecule has 0 unspecified atom stereocenters. The minimum atomic E-state index is -0.590. The molecule has 0 aliphatic heterocycles. The Kier molecular flexibility index (Phi) is 4.55. The second kappa shape index (κ2) is 6.32. The zero-order chi connectivity index (χ0) is 16.6. The van der Waals surface area contributed by atoms with Crippen molar-refractivity contribution in [2.75, 3.05) is 24.3 Å². The van der Waals surface area contributed by atoms with Crippen LogP contribution in [-0.4, -0.2) is 29.8 Å². The van der Waals surface area contributed by atoms with E-state index in [0.717, 1.165) is 28.5 Å². The minimum absolute atomic E-state index is 0.0530. The average Bonchev–Trinajstić information content (AvgIpc) is 2.86. The Morgan fingerprint density at radius 2 is 2.17 bits per heavy atom. The Hall–Kier alpha value is -1.28. The molecule has 122 valence electrons. The summed E-state index contributed by atoms with van der Waals surface area (Å²) in [5.41, 5.74) is 1.04. The van der Waals surface area contributed by atoms with Crippen molar-refractivity contribution in [3.05, 3.63) is 39.2 Å². The highest BCUT2D eigenvalue weighted by Crippen LogP contribution is 2.40. The molecule has 5 nitrogen and oxygen atoms in total. The predicted octanol–water partition coefficient (Wildman–Crippen LogP) is 3.73. The summed E-state index contributed by atoms with van der Waals surface area (Å²) in [6, 6.07) is 5.63.